The van der Waals surface area contributed by atoms with Gasteiger partial charge in [0.15, 0.2) is 5.76 Å². The van der Waals surface area contributed by atoms with Crippen LogP contribution >= 0.6 is 0 Å². The molecule has 0 bridgehead atoms. The summed E-state index contributed by atoms with van der Waals surface area (Å²) in [6, 6.07) is 19.9. The van der Waals surface area contributed by atoms with Gasteiger partial charge in [0.25, 0.3) is 5.91 Å². The average molecular weight is 387 g/mol. The monoisotopic (exact) mass is 387 g/mol. The molecule has 0 spiro atoms. The lowest BCUT2D eigenvalue weighted by Gasteiger charge is -2.28. The van der Waals surface area contributed by atoms with Crippen molar-refractivity contribution in [3.05, 3.63) is 89.7 Å². The fraction of sp³-hybridized carbons (Fsp3) is 0.250. The highest BCUT2D eigenvalue weighted by molar-refractivity contribution is 5.96. The third-order valence-electron chi connectivity index (χ3n) is 5.38. The van der Waals surface area contributed by atoms with Gasteiger partial charge in [-0.05, 0) is 44.4 Å². The van der Waals surface area contributed by atoms with Gasteiger partial charge in [0, 0.05) is 17.1 Å². The van der Waals surface area contributed by atoms with E-state index in [0.717, 1.165) is 35.2 Å². The average Bonchev–Trinajstić information content (AvgIpc) is 3.36. The predicted octanol–water partition coefficient (Wildman–Crippen LogP) is 5.13. The highest BCUT2D eigenvalue weighted by atomic mass is 16.3. The van der Waals surface area contributed by atoms with E-state index in [1.807, 2.05) is 60.4 Å². The Morgan fingerprint density at radius 2 is 1.90 bits per heavy atom. The van der Waals surface area contributed by atoms with Crippen LogP contribution < -0.4 is 0 Å². The van der Waals surface area contributed by atoms with Crippen molar-refractivity contribution in [1.29, 1.82) is 0 Å². The number of amides is 1. The minimum Gasteiger partial charge on any atom is -0.451 e. The van der Waals surface area contributed by atoms with Crippen molar-refractivity contribution >= 4 is 16.9 Å². The number of imidazole rings is 1. The predicted molar refractivity (Wildman–Crippen MR) is 114 cm³/mol. The Morgan fingerprint density at radius 3 is 2.62 bits per heavy atom. The van der Waals surface area contributed by atoms with Crippen molar-refractivity contribution in [1.82, 2.24) is 14.9 Å². The highest BCUT2D eigenvalue weighted by Gasteiger charge is 2.26. The molecule has 5 heteroatoms. The molecule has 0 radical (unpaired) electrons. The molecule has 0 fully saturated rings. The molecule has 2 heterocycles. The van der Waals surface area contributed by atoms with E-state index in [1.54, 1.807) is 6.33 Å². The lowest BCUT2D eigenvalue weighted by molar-refractivity contribution is 0.0634. The zero-order chi connectivity index (χ0) is 20.2. The van der Waals surface area contributed by atoms with Gasteiger partial charge in [0.05, 0.1) is 18.6 Å². The molecule has 1 N–H and O–H groups in total. The standard InChI is InChI=1S/C24H25N3O2/c1-17(12-13-19-8-4-3-5-9-19)27(15-21-18(2)25-16-26-21)24(28)23-14-20-10-6-7-11-22(20)29-23/h3-11,14,16-17H,12-13,15H2,1-2H3,(H,25,26). The first-order chi connectivity index (χ1) is 14.1. The molecule has 4 aromatic rings. The molecule has 0 saturated carbocycles. The molecule has 2 aromatic carbocycles. The number of benzene rings is 2. The Balaban J connectivity index is 1.58. The molecule has 0 aliphatic heterocycles. The number of aromatic amines is 1. The van der Waals surface area contributed by atoms with Gasteiger partial charge in [0.1, 0.15) is 5.58 Å². The fourth-order valence-electron chi connectivity index (χ4n) is 3.54. The van der Waals surface area contributed by atoms with Crippen molar-refractivity contribution in [2.75, 3.05) is 0 Å². The molecule has 1 atom stereocenters. The first-order valence-corrected chi connectivity index (χ1v) is 9.94. The Labute approximate surface area is 170 Å². The summed E-state index contributed by atoms with van der Waals surface area (Å²) < 4.78 is 5.85. The van der Waals surface area contributed by atoms with Crippen LogP contribution in [0.15, 0.2) is 71.4 Å². The Kier molecular flexibility index (Phi) is 5.47. The lowest BCUT2D eigenvalue weighted by Crippen LogP contribution is -2.38. The second kappa shape index (κ2) is 8.35. The SMILES string of the molecule is Cc1[nH]cnc1CN(C(=O)c1cc2ccccc2o1)C(C)CCc1ccccc1. The maximum absolute atomic E-state index is 13.4. The zero-order valence-corrected chi connectivity index (χ0v) is 16.8. The molecule has 0 aliphatic rings. The smallest absolute Gasteiger partial charge is 0.290 e. The number of aryl methyl sites for hydroxylation is 2. The van der Waals surface area contributed by atoms with Crippen molar-refractivity contribution in [2.24, 2.45) is 0 Å². The van der Waals surface area contributed by atoms with Crippen LogP contribution in [0, 0.1) is 6.92 Å². The number of para-hydroxylation sites is 1. The minimum absolute atomic E-state index is 0.0343. The van der Waals surface area contributed by atoms with Gasteiger partial charge in [0.2, 0.25) is 0 Å². The van der Waals surface area contributed by atoms with Crippen LogP contribution in [0.25, 0.3) is 11.0 Å². The first kappa shape index (κ1) is 19.0. The lowest BCUT2D eigenvalue weighted by atomic mass is 10.0. The molecule has 2 aromatic heterocycles. The van der Waals surface area contributed by atoms with Crippen LogP contribution in [0.1, 0.15) is 40.9 Å². The quantitative estimate of drug-likeness (QED) is 0.478. The van der Waals surface area contributed by atoms with E-state index < -0.39 is 0 Å². The van der Waals surface area contributed by atoms with Crippen LogP contribution in [-0.4, -0.2) is 26.8 Å². The summed E-state index contributed by atoms with van der Waals surface area (Å²) in [5, 5.41) is 0.934. The molecule has 1 amide bonds. The van der Waals surface area contributed by atoms with Crippen molar-refractivity contribution < 1.29 is 9.21 Å². The fourth-order valence-corrected chi connectivity index (χ4v) is 3.54. The molecule has 148 valence electrons. The number of carbonyl (C=O) groups is 1. The number of nitrogens with zero attached hydrogens (tertiary/aromatic N) is 2. The second-order valence-corrected chi connectivity index (χ2v) is 7.43. The Hall–Kier alpha value is -3.34. The molecule has 1 unspecified atom stereocenters. The van der Waals surface area contributed by atoms with Gasteiger partial charge in [-0.15, -0.1) is 0 Å². The third kappa shape index (κ3) is 4.24. The normalized spacial score (nSPS) is 12.2. The second-order valence-electron chi connectivity index (χ2n) is 7.43. The van der Waals surface area contributed by atoms with E-state index in [4.69, 9.17) is 4.42 Å². The first-order valence-electron chi connectivity index (χ1n) is 9.94. The van der Waals surface area contributed by atoms with Crippen LogP contribution in [0.3, 0.4) is 0 Å². The van der Waals surface area contributed by atoms with Gasteiger partial charge in [-0.3, -0.25) is 4.79 Å². The Morgan fingerprint density at radius 1 is 1.14 bits per heavy atom. The molecular formula is C24H25N3O2. The summed E-state index contributed by atoms with van der Waals surface area (Å²) in [4.78, 5) is 22.8. The molecule has 4 rings (SSSR count). The van der Waals surface area contributed by atoms with E-state index in [0.29, 0.717) is 12.3 Å². The number of carbonyl (C=O) groups excluding carboxylic acids is 1. The third-order valence-corrected chi connectivity index (χ3v) is 5.38. The van der Waals surface area contributed by atoms with Crippen molar-refractivity contribution in [3.8, 4) is 0 Å². The van der Waals surface area contributed by atoms with E-state index in [1.165, 1.54) is 5.56 Å². The summed E-state index contributed by atoms with van der Waals surface area (Å²) in [6.07, 6.45) is 3.44. The summed E-state index contributed by atoms with van der Waals surface area (Å²) in [7, 11) is 0. The summed E-state index contributed by atoms with van der Waals surface area (Å²) in [5.41, 5.74) is 3.85. The number of nitrogens with one attached hydrogen (secondary N) is 1. The van der Waals surface area contributed by atoms with E-state index in [2.05, 4.69) is 29.0 Å². The minimum atomic E-state index is -0.107. The number of aromatic nitrogens is 2. The largest absolute Gasteiger partial charge is 0.451 e. The number of rotatable bonds is 7. The number of hydrogen-bond acceptors (Lipinski definition) is 3. The van der Waals surface area contributed by atoms with Gasteiger partial charge in [-0.2, -0.15) is 0 Å². The molecule has 5 nitrogen and oxygen atoms in total. The number of H-pyrrole nitrogens is 1. The van der Waals surface area contributed by atoms with Gasteiger partial charge in [-0.25, -0.2) is 4.98 Å². The van der Waals surface area contributed by atoms with E-state index >= 15 is 0 Å². The number of fused-ring (bicyclic) bond motifs is 1. The van der Waals surface area contributed by atoms with Crippen LogP contribution in [0.4, 0.5) is 0 Å². The van der Waals surface area contributed by atoms with Gasteiger partial charge >= 0.3 is 0 Å². The maximum Gasteiger partial charge on any atom is 0.290 e. The van der Waals surface area contributed by atoms with Gasteiger partial charge < -0.3 is 14.3 Å². The highest BCUT2D eigenvalue weighted by Crippen LogP contribution is 2.23. The summed E-state index contributed by atoms with van der Waals surface area (Å²) in [5.74, 6) is 0.259. The molecular weight excluding hydrogens is 362 g/mol. The van der Waals surface area contributed by atoms with Gasteiger partial charge in [-0.1, -0.05) is 48.5 Å². The van der Waals surface area contributed by atoms with Crippen molar-refractivity contribution in [3.63, 3.8) is 0 Å². The van der Waals surface area contributed by atoms with Crippen LogP contribution in [0.5, 0.6) is 0 Å². The Bertz CT molecular complexity index is 1060. The van der Waals surface area contributed by atoms with Crippen LogP contribution in [-0.2, 0) is 13.0 Å². The summed E-state index contributed by atoms with van der Waals surface area (Å²) >= 11 is 0. The number of hydrogen-bond donors (Lipinski definition) is 1. The topological polar surface area (TPSA) is 62.1 Å². The maximum atomic E-state index is 13.4. The van der Waals surface area contributed by atoms with E-state index in [9.17, 15) is 4.79 Å². The van der Waals surface area contributed by atoms with Crippen LogP contribution in [0.2, 0.25) is 0 Å². The number of furan rings is 1. The zero-order valence-electron chi connectivity index (χ0n) is 16.8. The summed E-state index contributed by atoms with van der Waals surface area (Å²) in [6.45, 7) is 4.51. The van der Waals surface area contributed by atoms with Crippen molar-refractivity contribution in [2.45, 2.75) is 39.3 Å². The molecule has 0 saturated heterocycles. The van der Waals surface area contributed by atoms with E-state index in [-0.39, 0.29) is 11.9 Å². The molecule has 29 heavy (non-hydrogen) atoms. The molecule has 0 aliphatic carbocycles.